The number of carbonyl (C=O) groups excluding carboxylic acids is 2. The van der Waals surface area contributed by atoms with E-state index in [2.05, 4.69) is 22.0 Å². The minimum atomic E-state index is -0.265. The molecule has 1 aromatic carbocycles. The molecule has 6 heteroatoms. The number of hydrogen-bond acceptors (Lipinski definition) is 4. The number of ketones is 1. The van der Waals surface area contributed by atoms with Crippen LogP contribution in [0.2, 0.25) is 0 Å². The van der Waals surface area contributed by atoms with Crippen LogP contribution in [0.15, 0.2) is 12.1 Å². The van der Waals surface area contributed by atoms with Gasteiger partial charge < -0.3 is 10.2 Å². The fraction of sp³-hybridized carbons (Fsp3) is 0.692. The predicted molar refractivity (Wildman–Crippen MR) is 124 cm³/mol. The van der Waals surface area contributed by atoms with Gasteiger partial charge in [0.15, 0.2) is 0 Å². The van der Waals surface area contributed by atoms with Crippen LogP contribution in [0.25, 0.3) is 0 Å². The summed E-state index contributed by atoms with van der Waals surface area (Å²) in [6, 6.07) is 3.32. The van der Waals surface area contributed by atoms with Crippen molar-refractivity contribution in [3.63, 3.8) is 0 Å². The van der Waals surface area contributed by atoms with Crippen LogP contribution in [0.4, 0.5) is 4.39 Å². The first-order valence-electron chi connectivity index (χ1n) is 12.4. The van der Waals surface area contributed by atoms with Crippen molar-refractivity contribution in [3.8, 4) is 0 Å². The van der Waals surface area contributed by atoms with Gasteiger partial charge >= 0.3 is 0 Å². The summed E-state index contributed by atoms with van der Waals surface area (Å²) < 4.78 is 14.4. The summed E-state index contributed by atoms with van der Waals surface area (Å²) in [6.45, 7) is 9.04. The molecule has 176 valence electrons. The fourth-order valence-corrected chi connectivity index (χ4v) is 5.79. The summed E-state index contributed by atoms with van der Waals surface area (Å²) in [7, 11) is 0. The lowest BCUT2D eigenvalue weighted by atomic mass is 9.93. The Morgan fingerprint density at radius 2 is 1.88 bits per heavy atom. The predicted octanol–water partition coefficient (Wildman–Crippen LogP) is 3.47. The lowest BCUT2D eigenvalue weighted by Gasteiger charge is -2.41. The molecular formula is C26H38FN3O2. The van der Waals surface area contributed by atoms with Crippen molar-refractivity contribution in [1.29, 1.82) is 0 Å². The Hall–Kier alpha value is -1.79. The first-order chi connectivity index (χ1) is 15.4. The van der Waals surface area contributed by atoms with Crippen molar-refractivity contribution < 1.29 is 14.0 Å². The van der Waals surface area contributed by atoms with E-state index in [0.29, 0.717) is 31.2 Å². The van der Waals surface area contributed by atoms with Crippen molar-refractivity contribution >= 4 is 11.7 Å². The lowest BCUT2D eigenvalue weighted by molar-refractivity contribution is -0.140. The zero-order chi connectivity index (χ0) is 22.7. The quantitative estimate of drug-likeness (QED) is 0.701. The Bertz CT molecular complexity index is 831. The summed E-state index contributed by atoms with van der Waals surface area (Å²) in [5.74, 6) is 0.898. The molecular weight excluding hydrogens is 405 g/mol. The van der Waals surface area contributed by atoms with Gasteiger partial charge in [0.05, 0.1) is 0 Å². The zero-order valence-corrected chi connectivity index (χ0v) is 19.7. The number of rotatable bonds is 7. The van der Waals surface area contributed by atoms with E-state index >= 15 is 0 Å². The Labute approximate surface area is 191 Å². The molecule has 0 aromatic heterocycles. The van der Waals surface area contributed by atoms with Gasteiger partial charge in [-0.25, -0.2) is 4.39 Å². The highest BCUT2D eigenvalue weighted by Crippen LogP contribution is 2.28. The van der Waals surface area contributed by atoms with Gasteiger partial charge in [-0.2, -0.15) is 0 Å². The molecule has 0 spiro atoms. The number of piperazine rings is 1. The van der Waals surface area contributed by atoms with Gasteiger partial charge in [-0.1, -0.05) is 12.8 Å². The third kappa shape index (κ3) is 5.57. The van der Waals surface area contributed by atoms with Crippen molar-refractivity contribution in [2.24, 2.45) is 11.8 Å². The van der Waals surface area contributed by atoms with Crippen LogP contribution in [-0.2, 0) is 22.6 Å². The molecule has 3 aliphatic rings. The van der Waals surface area contributed by atoms with E-state index in [0.717, 1.165) is 68.7 Å². The molecule has 2 heterocycles. The summed E-state index contributed by atoms with van der Waals surface area (Å²) in [5.41, 5.74) is 2.80. The van der Waals surface area contributed by atoms with E-state index < -0.39 is 0 Å². The molecule has 2 atom stereocenters. The average molecular weight is 444 g/mol. The second kappa shape index (κ2) is 10.4. The number of halogens is 1. The van der Waals surface area contributed by atoms with Crippen molar-refractivity contribution in [2.75, 3.05) is 32.7 Å². The molecule has 4 rings (SSSR count). The minimum Gasteiger partial charge on any atom is -0.337 e. The molecule has 1 aliphatic carbocycles. The smallest absolute Gasteiger partial charge is 0.226 e. The van der Waals surface area contributed by atoms with E-state index in [1.165, 1.54) is 18.9 Å². The van der Waals surface area contributed by atoms with E-state index in [-0.39, 0.29) is 23.6 Å². The summed E-state index contributed by atoms with van der Waals surface area (Å²) >= 11 is 0. The number of hydrogen-bond donors (Lipinski definition) is 1. The second-order valence-corrected chi connectivity index (χ2v) is 10.2. The van der Waals surface area contributed by atoms with Crippen molar-refractivity contribution in [3.05, 3.63) is 34.6 Å². The third-order valence-electron chi connectivity index (χ3n) is 7.75. The number of carbonyl (C=O) groups is 2. The normalized spacial score (nSPS) is 24.9. The van der Waals surface area contributed by atoms with E-state index in [1.54, 1.807) is 6.07 Å². The Morgan fingerprint density at radius 3 is 2.56 bits per heavy atom. The Kier molecular flexibility index (Phi) is 7.62. The van der Waals surface area contributed by atoms with Crippen LogP contribution in [0, 0.1) is 24.6 Å². The highest BCUT2D eigenvalue weighted by molar-refractivity contribution is 5.81. The number of benzene rings is 1. The summed E-state index contributed by atoms with van der Waals surface area (Å²) in [5, 5.41) is 3.30. The maximum Gasteiger partial charge on any atom is 0.226 e. The zero-order valence-electron chi connectivity index (χ0n) is 19.7. The standard InChI is InChI=1S/C26H38FN3O2/c1-18-16-29(9-10-30(18)26(32)21-5-3-4-6-21)17-23-13-24(27)12-22(19(23)2)14-25(31)11-20-7-8-28-15-20/h12-13,18,20-21,28H,3-11,14-17H2,1-2H3/t18-,20?/m0/s1. The first-order valence-corrected chi connectivity index (χ1v) is 12.4. The number of Topliss-reactive ketones (excluding diaryl/α,β-unsaturated/α-hetero) is 1. The summed E-state index contributed by atoms with van der Waals surface area (Å²) in [6.07, 6.45) is 6.35. The highest BCUT2D eigenvalue weighted by Gasteiger charge is 2.33. The highest BCUT2D eigenvalue weighted by atomic mass is 19.1. The van der Waals surface area contributed by atoms with Gasteiger partial charge in [0.25, 0.3) is 0 Å². The molecule has 1 N–H and O–H groups in total. The third-order valence-corrected chi connectivity index (χ3v) is 7.75. The van der Waals surface area contributed by atoms with Crippen LogP contribution in [-0.4, -0.2) is 60.3 Å². The SMILES string of the molecule is Cc1c(CC(=O)CC2CCNC2)cc(F)cc1CN1CCN(C(=O)C2CCCC2)[C@@H](C)C1. The molecule has 5 nitrogen and oxygen atoms in total. The van der Waals surface area contributed by atoms with E-state index in [4.69, 9.17) is 0 Å². The minimum absolute atomic E-state index is 0.173. The molecule has 1 unspecified atom stereocenters. The van der Waals surface area contributed by atoms with E-state index in [1.807, 2.05) is 6.92 Å². The topological polar surface area (TPSA) is 52.7 Å². The molecule has 2 saturated heterocycles. The lowest BCUT2D eigenvalue weighted by Crippen LogP contribution is -2.54. The molecule has 1 aromatic rings. The van der Waals surface area contributed by atoms with Gasteiger partial charge in [-0.05, 0) is 80.9 Å². The van der Waals surface area contributed by atoms with Crippen molar-refractivity contribution in [1.82, 2.24) is 15.1 Å². The van der Waals surface area contributed by atoms with Crippen LogP contribution >= 0.6 is 0 Å². The molecule has 32 heavy (non-hydrogen) atoms. The van der Waals surface area contributed by atoms with Gasteiger partial charge in [0, 0.05) is 51.0 Å². The number of amides is 1. The Morgan fingerprint density at radius 1 is 1.12 bits per heavy atom. The molecule has 0 radical (unpaired) electrons. The van der Waals surface area contributed by atoms with Crippen molar-refractivity contribution in [2.45, 2.75) is 71.4 Å². The van der Waals surface area contributed by atoms with Crippen LogP contribution in [0.5, 0.6) is 0 Å². The fourth-order valence-electron chi connectivity index (χ4n) is 5.79. The molecule has 3 fully saturated rings. The molecule has 1 saturated carbocycles. The van der Waals surface area contributed by atoms with E-state index in [9.17, 15) is 14.0 Å². The monoisotopic (exact) mass is 443 g/mol. The second-order valence-electron chi connectivity index (χ2n) is 10.2. The first kappa shape index (κ1) is 23.4. The van der Waals surface area contributed by atoms with Gasteiger partial charge in [0.2, 0.25) is 5.91 Å². The Balaban J connectivity index is 1.36. The van der Waals surface area contributed by atoms with Gasteiger partial charge in [-0.15, -0.1) is 0 Å². The summed E-state index contributed by atoms with van der Waals surface area (Å²) in [4.78, 5) is 29.8. The molecule has 1 amide bonds. The maximum absolute atomic E-state index is 14.4. The van der Waals surface area contributed by atoms with Gasteiger partial charge in [-0.3, -0.25) is 14.5 Å². The molecule has 0 bridgehead atoms. The van der Waals surface area contributed by atoms with Gasteiger partial charge in [0.1, 0.15) is 11.6 Å². The molecule has 2 aliphatic heterocycles. The number of nitrogens with one attached hydrogen (secondary N) is 1. The largest absolute Gasteiger partial charge is 0.337 e. The van der Waals surface area contributed by atoms with Crippen LogP contribution in [0.1, 0.15) is 62.1 Å². The maximum atomic E-state index is 14.4. The average Bonchev–Trinajstić information content (AvgIpc) is 3.45. The number of nitrogens with zero attached hydrogens (tertiary/aromatic N) is 2. The van der Waals surface area contributed by atoms with Crippen LogP contribution in [0.3, 0.4) is 0 Å². The van der Waals surface area contributed by atoms with Crippen LogP contribution < -0.4 is 5.32 Å².